The first kappa shape index (κ1) is 21.7. The van der Waals surface area contributed by atoms with E-state index in [-0.39, 0.29) is 18.4 Å². The molecule has 2 aromatic carbocycles. The number of benzene rings is 2. The second kappa shape index (κ2) is 10.1. The summed E-state index contributed by atoms with van der Waals surface area (Å²) in [5, 5.41) is 5.52. The van der Waals surface area contributed by atoms with Gasteiger partial charge in [0.15, 0.2) is 0 Å². The van der Waals surface area contributed by atoms with Crippen LogP contribution >= 0.6 is 15.9 Å². The Balaban J connectivity index is 2.05. The summed E-state index contributed by atoms with van der Waals surface area (Å²) in [5.74, 6) is 0.888. The molecule has 0 heterocycles. The zero-order valence-corrected chi connectivity index (χ0v) is 17.9. The van der Waals surface area contributed by atoms with Crippen LogP contribution in [-0.2, 0) is 16.1 Å². The summed E-state index contributed by atoms with van der Waals surface area (Å²) in [5.41, 5.74) is 2.04. The fraction of sp³-hybridized carbons (Fsp3) is 0.300. The number of hydrogen-bond acceptors (Lipinski definition) is 5. The van der Waals surface area contributed by atoms with E-state index in [2.05, 4.69) is 26.6 Å². The number of hydrogen-bond donors (Lipinski definition) is 2. The van der Waals surface area contributed by atoms with Crippen LogP contribution in [0.3, 0.4) is 0 Å². The Kier molecular flexibility index (Phi) is 7.83. The van der Waals surface area contributed by atoms with Gasteiger partial charge in [-0.05, 0) is 43.4 Å². The minimum absolute atomic E-state index is 0.170. The van der Waals surface area contributed by atoms with Gasteiger partial charge in [-0.1, -0.05) is 15.9 Å². The molecule has 7 nitrogen and oxygen atoms in total. The molecule has 0 bridgehead atoms. The molecule has 0 aliphatic heterocycles. The number of carbonyl (C=O) groups excluding carboxylic acids is 2. The third-order valence-corrected chi connectivity index (χ3v) is 4.38. The number of halogens is 1. The fourth-order valence-corrected chi connectivity index (χ4v) is 3.15. The van der Waals surface area contributed by atoms with E-state index >= 15 is 0 Å². The molecular weight excluding hydrogens is 426 g/mol. The maximum atomic E-state index is 12.5. The van der Waals surface area contributed by atoms with Gasteiger partial charge in [-0.3, -0.25) is 14.5 Å². The number of carbonyl (C=O) groups is 2. The number of anilines is 2. The third-order valence-electron chi connectivity index (χ3n) is 3.89. The molecule has 2 aromatic rings. The molecule has 0 unspecified atom stereocenters. The average molecular weight is 450 g/mol. The van der Waals surface area contributed by atoms with Crippen LogP contribution in [-0.4, -0.2) is 44.5 Å². The van der Waals surface area contributed by atoms with Gasteiger partial charge >= 0.3 is 0 Å². The van der Waals surface area contributed by atoms with Crippen molar-refractivity contribution in [3.8, 4) is 11.5 Å². The van der Waals surface area contributed by atoms with E-state index in [1.165, 1.54) is 14.0 Å². The van der Waals surface area contributed by atoms with Crippen molar-refractivity contribution < 1.29 is 19.1 Å². The van der Waals surface area contributed by atoms with Gasteiger partial charge in [0.2, 0.25) is 11.8 Å². The number of methoxy groups -OCH3 is 2. The standard InChI is InChI=1S/C20H24BrN3O4/c1-13(25)22-16-6-8-19(28-4)17(10-16)23-20(26)12-24(2)11-14-9-15(21)5-7-18(14)27-3/h5-10H,11-12H2,1-4H3,(H,22,25)(H,23,26). The van der Waals surface area contributed by atoms with E-state index in [0.29, 0.717) is 23.7 Å². The number of likely N-dealkylation sites (N-methyl/N-ethyl adjacent to an activating group) is 1. The molecule has 150 valence electrons. The van der Waals surface area contributed by atoms with Gasteiger partial charge in [0, 0.05) is 29.2 Å². The molecule has 0 atom stereocenters. The van der Waals surface area contributed by atoms with Gasteiger partial charge < -0.3 is 20.1 Å². The third kappa shape index (κ3) is 6.24. The first-order chi connectivity index (χ1) is 13.3. The first-order valence-electron chi connectivity index (χ1n) is 8.58. The predicted octanol–water partition coefficient (Wildman–Crippen LogP) is 3.50. The fourth-order valence-electron chi connectivity index (χ4n) is 2.74. The lowest BCUT2D eigenvalue weighted by molar-refractivity contribution is -0.117. The van der Waals surface area contributed by atoms with Crippen molar-refractivity contribution in [2.45, 2.75) is 13.5 Å². The SMILES string of the molecule is COc1ccc(Br)cc1CN(C)CC(=O)Nc1cc(NC(C)=O)ccc1OC. The largest absolute Gasteiger partial charge is 0.496 e. The maximum Gasteiger partial charge on any atom is 0.238 e. The van der Waals surface area contributed by atoms with Gasteiger partial charge in [-0.2, -0.15) is 0 Å². The van der Waals surface area contributed by atoms with Crippen LogP contribution in [0.15, 0.2) is 40.9 Å². The molecular formula is C20H24BrN3O4. The van der Waals surface area contributed by atoms with Crippen molar-refractivity contribution in [2.75, 3.05) is 38.4 Å². The van der Waals surface area contributed by atoms with Crippen molar-refractivity contribution in [1.82, 2.24) is 4.90 Å². The zero-order valence-electron chi connectivity index (χ0n) is 16.3. The number of rotatable bonds is 8. The van der Waals surface area contributed by atoms with Crippen molar-refractivity contribution in [1.29, 1.82) is 0 Å². The normalized spacial score (nSPS) is 10.5. The molecule has 28 heavy (non-hydrogen) atoms. The van der Waals surface area contributed by atoms with E-state index in [0.717, 1.165) is 15.8 Å². The Morgan fingerprint density at radius 3 is 2.36 bits per heavy atom. The quantitative estimate of drug-likeness (QED) is 0.644. The van der Waals surface area contributed by atoms with Crippen LogP contribution in [0.5, 0.6) is 11.5 Å². The van der Waals surface area contributed by atoms with Crippen LogP contribution < -0.4 is 20.1 Å². The molecule has 0 saturated heterocycles. The van der Waals surface area contributed by atoms with Gasteiger partial charge in [0.25, 0.3) is 0 Å². The highest BCUT2D eigenvalue weighted by atomic mass is 79.9. The Hall–Kier alpha value is -2.58. The highest BCUT2D eigenvalue weighted by Gasteiger charge is 2.13. The number of ether oxygens (including phenoxy) is 2. The Bertz CT molecular complexity index is 857. The minimum Gasteiger partial charge on any atom is -0.496 e. The second-order valence-electron chi connectivity index (χ2n) is 6.27. The van der Waals surface area contributed by atoms with E-state index in [1.54, 1.807) is 25.3 Å². The summed E-state index contributed by atoms with van der Waals surface area (Å²) in [4.78, 5) is 25.6. The molecule has 0 aliphatic rings. The lowest BCUT2D eigenvalue weighted by Crippen LogP contribution is -2.30. The Morgan fingerprint density at radius 1 is 1.04 bits per heavy atom. The molecule has 0 saturated carbocycles. The number of amides is 2. The summed E-state index contributed by atoms with van der Waals surface area (Å²) in [7, 11) is 4.99. The summed E-state index contributed by atoms with van der Waals surface area (Å²) < 4.78 is 11.6. The molecule has 2 N–H and O–H groups in total. The average Bonchev–Trinajstić information content (AvgIpc) is 2.61. The van der Waals surface area contributed by atoms with Crippen molar-refractivity contribution in [3.05, 3.63) is 46.4 Å². The topological polar surface area (TPSA) is 79.9 Å². The van der Waals surface area contributed by atoms with Crippen molar-refractivity contribution in [3.63, 3.8) is 0 Å². The van der Waals surface area contributed by atoms with Gasteiger partial charge in [-0.25, -0.2) is 0 Å². The molecule has 0 aliphatic carbocycles. The highest BCUT2D eigenvalue weighted by molar-refractivity contribution is 9.10. The van der Waals surface area contributed by atoms with Crippen LogP contribution in [0.4, 0.5) is 11.4 Å². The van der Waals surface area contributed by atoms with Gasteiger partial charge in [0.1, 0.15) is 11.5 Å². The van der Waals surface area contributed by atoms with Crippen LogP contribution in [0, 0.1) is 0 Å². The van der Waals surface area contributed by atoms with Crippen LogP contribution in [0.2, 0.25) is 0 Å². The smallest absolute Gasteiger partial charge is 0.238 e. The number of nitrogens with one attached hydrogen (secondary N) is 2. The monoisotopic (exact) mass is 449 g/mol. The van der Waals surface area contributed by atoms with Crippen LogP contribution in [0.25, 0.3) is 0 Å². The van der Waals surface area contributed by atoms with E-state index < -0.39 is 0 Å². The molecule has 8 heteroatoms. The summed E-state index contributed by atoms with van der Waals surface area (Å²) in [6.07, 6.45) is 0. The molecule has 0 spiro atoms. The van der Waals surface area contributed by atoms with E-state index in [1.807, 2.05) is 30.1 Å². The first-order valence-corrected chi connectivity index (χ1v) is 9.38. The van der Waals surface area contributed by atoms with Crippen molar-refractivity contribution >= 4 is 39.1 Å². The Morgan fingerprint density at radius 2 is 1.71 bits per heavy atom. The number of nitrogens with zero attached hydrogens (tertiary/aromatic N) is 1. The summed E-state index contributed by atoms with van der Waals surface area (Å²) >= 11 is 3.45. The molecule has 2 rings (SSSR count). The minimum atomic E-state index is -0.199. The van der Waals surface area contributed by atoms with Crippen molar-refractivity contribution in [2.24, 2.45) is 0 Å². The lowest BCUT2D eigenvalue weighted by Gasteiger charge is -2.19. The molecule has 0 aromatic heterocycles. The van der Waals surface area contributed by atoms with E-state index in [4.69, 9.17) is 9.47 Å². The summed E-state index contributed by atoms with van der Waals surface area (Å²) in [6, 6.07) is 10.8. The highest BCUT2D eigenvalue weighted by Crippen LogP contribution is 2.28. The molecule has 0 radical (unpaired) electrons. The predicted molar refractivity (Wildman–Crippen MR) is 113 cm³/mol. The zero-order chi connectivity index (χ0) is 20.7. The maximum absolute atomic E-state index is 12.5. The van der Waals surface area contributed by atoms with Gasteiger partial charge in [-0.15, -0.1) is 0 Å². The lowest BCUT2D eigenvalue weighted by atomic mass is 10.2. The Labute approximate surface area is 173 Å². The van der Waals surface area contributed by atoms with Gasteiger partial charge in [0.05, 0.1) is 26.5 Å². The van der Waals surface area contributed by atoms with E-state index in [9.17, 15) is 9.59 Å². The van der Waals surface area contributed by atoms with Crippen LogP contribution in [0.1, 0.15) is 12.5 Å². The summed E-state index contributed by atoms with van der Waals surface area (Å²) in [6.45, 7) is 2.13. The molecule has 2 amide bonds. The molecule has 0 fully saturated rings. The second-order valence-corrected chi connectivity index (χ2v) is 7.19.